The van der Waals surface area contributed by atoms with Crippen molar-refractivity contribution in [3.8, 4) is 0 Å². The molecule has 2 unspecified atom stereocenters. The number of benzene rings is 1. The van der Waals surface area contributed by atoms with Crippen LogP contribution in [0.5, 0.6) is 0 Å². The van der Waals surface area contributed by atoms with E-state index in [0.717, 1.165) is 5.56 Å². The lowest BCUT2D eigenvalue weighted by Gasteiger charge is -2.24. The third kappa shape index (κ3) is 6.40. The first kappa shape index (κ1) is 19.7. The van der Waals surface area contributed by atoms with Crippen LogP contribution in [0, 0.1) is 5.92 Å². The standard InChI is InChI=1S/C18H26N2O4/c1-4-13(2)17(18(23)24)19-16(22)12-20(14(3)21)11-10-15-8-6-5-7-9-15/h5-9,13,17H,4,10-12H2,1-3H3,(H,19,22)(H,23,24). The Hall–Kier alpha value is -2.37. The SMILES string of the molecule is CCC(C)C(NC(=O)CN(CCc1ccccc1)C(C)=O)C(=O)O. The first-order chi connectivity index (χ1) is 11.3. The number of carbonyl (C=O) groups excluding carboxylic acids is 2. The summed E-state index contributed by atoms with van der Waals surface area (Å²) in [4.78, 5) is 36.6. The number of hydrogen-bond donors (Lipinski definition) is 2. The number of carboxylic acid groups (broad SMARTS) is 1. The van der Waals surface area contributed by atoms with Crippen molar-refractivity contribution in [2.75, 3.05) is 13.1 Å². The molecule has 0 aliphatic carbocycles. The lowest BCUT2D eigenvalue weighted by Crippen LogP contribution is -2.49. The molecular formula is C18H26N2O4. The second-order valence-electron chi connectivity index (χ2n) is 5.95. The summed E-state index contributed by atoms with van der Waals surface area (Å²) in [5.74, 6) is -1.90. The number of hydrogen-bond acceptors (Lipinski definition) is 3. The molecule has 6 heteroatoms. The fourth-order valence-corrected chi connectivity index (χ4v) is 2.33. The number of nitrogens with zero attached hydrogens (tertiary/aromatic N) is 1. The average molecular weight is 334 g/mol. The molecule has 0 aliphatic heterocycles. The van der Waals surface area contributed by atoms with Gasteiger partial charge in [0.2, 0.25) is 11.8 Å². The van der Waals surface area contributed by atoms with E-state index in [4.69, 9.17) is 0 Å². The van der Waals surface area contributed by atoms with Gasteiger partial charge in [0, 0.05) is 13.5 Å². The molecule has 0 fully saturated rings. The van der Waals surface area contributed by atoms with Crippen LogP contribution >= 0.6 is 0 Å². The fraction of sp³-hybridized carbons (Fsp3) is 0.500. The van der Waals surface area contributed by atoms with Crippen molar-refractivity contribution in [1.29, 1.82) is 0 Å². The molecule has 0 aromatic heterocycles. The highest BCUT2D eigenvalue weighted by Crippen LogP contribution is 2.08. The molecule has 132 valence electrons. The zero-order valence-electron chi connectivity index (χ0n) is 14.5. The van der Waals surface area contributed by atoms with E-state index in [2.05, 4.69) is 5.32 Å². The first-order valence-electron chi connectivity index (χ1n) is 8.16. The molecule has 0 bridgehead atoms. The Morgan fingerprint density at radius 3 is 2.33 bits per heavy atom. The summed E-state index contributed by atoms with van der Waals surface area (Å²) in [7, 11) is 0. The maximum Gasteiger partial charge on any atom is 0.326 e. The van der Waals surface area contributed by atoms with Gasteiger partial charge in [-0.15, -0.1) is 0 Å². The molecule has 0 heterocycles. The van der Waals surface area contributed by atoms with E-state index in [9.17, 15) is 19.5 Å². The number of aliphatic carboxylic acids is 1. The van der Waals surface area contributed by atoms with Gasteiger partial charge in [-0.3, -0.25) is 9.59 Å². The summed E-state index contributed by atoms with van der Waals surface area (Å²) in [6.45, 7) is 5.32. The maximum atomic E-state index is 12.1. The van der Waals surface area contributed by atoms with Crippen LogP contribution in [0.3, 0.4) is 0 Å². The molecule has 2 atom stereocenters. The zero-order chi connectivity index (χ0) is 18.1. The number of nitrogens with one attached hydrogen (secondary N) is 1. The summed E-state index contributed by atoms with van der Waals surface area (Å²) in [5.41, 5.74) is 1.08. The highest BCUT2D eigenvalue weighted by atomic mass is 16.4. The third-order valence-electron chi connectivity index (χ3n) is 4.09. The lowest BCUT2D eigenvalue weighted by atomic mass is 9.99. The Morgan fingerprint density at radius 1 is 1.21 bits per heavy atom. The van der Waals surface area contributed by atoms with E-state index < -0.39 is 17.9 Å². The third-order valence-corrected chi connectivity index (χ3v) is 4.09. The molecular weight excluding hydrogens is 308 g/mol. The van der Waals surface area contributed by atoms with E-state index in [1.165, 1.54) is 11.8 Å². The van der Waals surface area contributed by atoms with Crippen molar-refractivity contribution in [1.82, 2.24) is 10.2 Å². The van der Waals surface area contributed by atoms with Gasteiger partial charge in [-0.25, -0.2) is 4.79 Å². The number of carboxylic acids is 1. The van der Waals surface area contributed by atoms with Crippen molar-refractivity contribution in [3.63, 3.8) is 0 Å². The monoisotopic (exact) mass is 334 g/mol. The lowest BCUT2D eigenvalue weighted by molar-refractivity contribution is -0.143. The molecule has 0 aliphatic rings. The molecule has 0 saturated heterocycles. The topological polar surface area (TPSA) is 86.7 Å². The van der Waals surface area contributed by atoms with Gasteiger partial charge < -0.3 is 15.3 Å². The molecule has 6 nitrogen and oxygen atoms in total. The number of rotatable bonds is 9. The molecule has 24 heavy (non-hydrogen) atoms. The van der Waals surface area contributed by atoms with Gasteiger partial charge in [0.25, 0.3) is 0 Å². The van der Waals surface area contributed by atoms with E-state index in [1.807, 2.05) is 37.3 Å². The second kappa shape index (κ2) is 9.70. The van der Waals surface area contributed by atoms with Crippen LogP contribution in [0.25, 0.3) is 0 Å². The normalized spacial score (nSPS) is 13.0. The van der Waals surface area contributed by atoms with E-state index in [1.54, 1.807) is 6.92 Å². The molecule has 0 radical (unpaired) electrons. The Kier molecular flexibility index (Phi) is 7.95. The van der Waals surface area contributed by atoms with Crippen molar-refractivity contribution >= 4 is 17.8 Å². The van der Waals surface area contributed by atoms with E-state index >= 15 is 0 Å². The Morgan fingerprint density at radius 2 is 1.83 bits per heavy atom. The Labute approximate surface area is 142 Å². The van der Waals surface area contributed by atoms with Crippen LogP contribution in [0.4, 0.5) is 0 Å². The van der Waals surface area contributed by atoms with E-state index in [-0.39, 0.29) is 18.4 Å². The summed E-state index contributed by atoms with van der Waals surface area (Å²) >= 11 is 0. The number of carbonyl (C=O) groups is 3. The number of amides is 2. The van der Waals surface area contributed by atoms with Gasteiger partial charge in [0.1, 0.15) is 6.04 Å². The van der Waals surface area contributed by atoms with E-state index in [0.29, 0.717) is 19.4 Å². The van der Waals surface area contributed by atoms with Crippen LogP contribution in [0.15, 0.2) is 30.3 Å². The van der Waals surface area contributed by atoms with Gasteiger partial charge in [-0.05, 0) is 17.9 Å². The summed E-state index contributed by atoms with van der Waals surface area (Å²) in [6, 6.07) is 8.74. The molecule has 1 aromatic rings. The predicted molar refractivity (Wildman–Crippen MR) is 91.4 cm³/mol. The molecule has 1 aromatic carbocycles. The minimum Gasteiger partial charge on any atom is -0.480 e. The molecule has 1 rings (SSSR count). The summed E-state index contributed by atoms with van der Waals surface area (Å²) < 4.78 is 0. The molecule has 0 saturated carbocycles. The van der Waals surface area contributed by atoms with Crippen molar-refractivity contribution in [2.45, 2.75) is 39.7 Å². The van der Waals surface area contributed by atoms with Crippen LogP contribution in [-0.2, 0) is 20.8 Å². The van der Waals surface area contributed by atoms with Crippen molar-refractivity contribution in [2.24, 2.45) is 5.92 Å². The van der Waals surface area contributed by atoms with Gasteiger partial charge in [0.15, 0.2) is 0 Å². The first-order valence-corrected chi connectivity index (χ1v) is 8.16. The van der Waals surface area contributed by atoms with Crippen molar-refractivity contribution in [3.05, 3.63) is 35.9 Å². The van der Waals surface area contributed by atoms with Crippen LogP contribution in [0.2, 0.25) is 0 Å². The van der Waals surface area contributed by atoms with Crippen LogP contribution in [-0.4, -0.2) is 46.9 Å². The summed E-state index contributed by atoms with van der Waals surface area (Å²) in [6.07, 6.45) is 1.28. The largest absolute Gasteiger partial charge is 0.480 e. The second-order valence-corrected chi connectivity index (χ2v) is 5.95. The minimum absolute atomic E-state index is 0.137. The van der Waals surface area contributed by atoms with Gasteiger partial charge in [-0.2, -0.15) is 0 Å². The minimum atomic E-state index is -1.06. The molecule has 2 N–H and O–H groups in total. The van der Waals surface area contributed by atoms with Crippen LogP contribution < -0.4 is 5.32 Å². The molecule has 0 spiro atoms. The quantitative estimate of drug-likeness (QED) is 0.719. The highest BCUT2D eigenvalue weighted by Gasteiger charge is 2.26. The smallest absolute Gasteiger partial charge is 0.326 e. The summed E-state index contributed by atoms with van der Waals surface area (Å²) in [5, 5.41) is 11.7. The predicted octanol–water partition coefficient (Wildman–Crippen LogP) is 1.69. The highest BCUT2D eigenvalue weighted by molar-refractivity contribution is 5.87. The fourth-order valence-electron chi connectivity index (χ4n) is 2.33. The van der Waals surface area contributed by atoms with Crippen LogP contribution in [0.1, 0.15) is 32.8 Å². The van der Waals surface area contributed by atoms with Gasteiger partial charge >= 0.3 is 5.97 Å². The Bertz CT molecular complexity index is 559. The maximum absolute atomic E-state index is 12.1. The average Bonchev–Trinajstić information content (AvgIpc) is 2.56. The zero-order valence-corrected chi connectivity index (χ0v) is 14.5. The van der Waals surface area contributed by atoms with Gasteiger partial charge in [-0.1, -0.05) is 50.6 Å². The van der Waals surface area contributed by atoms with Gasteiger partial charge in [0.05, 0.1) is 6.54 Å². The molecule has 2 amide bonds. The Balaban J connectivity index is 2.62. The van der Waals surface area contributed by atoms with Crippen molar-refractivity contribution < 1.29 is 19.5 Å².